The fourth-order valence-corrected chi connectivity index (χ4v) is 4.01. The molecule has 10 nitrogen and oxygen atoms in total. The average molecular weight is 455 g/mol. The van der Waals surface area contributed by atoms with Gasteiger partial charge in [0.2, 0.25) is 11.8 Å². The molecule has 1 aromatic carbocycles. The molecule has 0 saturated carbocycles. The summed E-state index contributed by atoms with van der Waals surface area (Å²) < 4.78 is 10.6. The summed E-state index contributed by atoms with van der Waals surface area (Å²) in [4.78, 5) is 37.8. The van der Waals surface area contributed by atoms with E-state index in [-0.39, 0.29) is 24.2 Å². The van der Waals surface area contributed by atoms with Crippen molar-refractivity contribution in [3.8, 4) is 5.75 Å². The fourth-order valence-electron chi connectivity index (χ4n) is 4.01. The lowest BCUT2D eigenvalue weighted by Crippen LogP contribution is -2.37. The quantitative estimate of drug-likeness (QED) is 0.573. The minimum absolute atomic E-state index is 0.0504. The zero-order chi connectivity index (χ0) is 23.2. The van der Waals surface area contributed by atoms with Crippen LogP contribution < -0.4 is 25.2 Å². The number of carbonyl (C=O) groups is 2. The number of nitrogens with zero attached hydrogens (tertiary/aromatic N) is 4. The maximum atomic E-state index is 12.6. The zero-order valence-electron chi connectivity index (χ0n) is 19.0. The third kappa shape index (κ3) is 5.70. The molecule has 1 aromatic heterocycles. The van der Waals surface area contributed by atoms with E-state index in [1.54, 1.807) is 24.1 Å². The van der Waals surface area contributed by atoms with E-state index in [2.05, 4.69) is 25.5 Å². The van der Waals surface area contributed by atoms with Gasteiger partial charge in [-0.3, -0.25) is 9.59 Å². The lowest BCUT2D eigenvalue weighted by Gasteiger charge is -2.28. The van der Waals surface area contributed by atoms with Crippen molar-refractivity contribution >= 4 is 29.1 Å². The van der Waals surface area contributed by atoms with Gasteiger partial charge in [0.05, 0.1) is 26.2 Å². The third-order valence-corrected chi connectivity index (χ3v) is 5.77. The smallest absolute Gasteiger partial charge is 0.227 e. The van der Waals surface area contributed by atoms with E-state index in [9.17, 15) is 9.59 Å². The lowest BCUT2D eigenvalue weighted by molar-refractivity contribution is -0.126. The number of aryl methyl sites for hydroxylation is 1. The molecule has 1 unspecified atom stereocenters. The predicted molar refractivity (Wildman–Crippen MR) is 125 cm³/mol. The highest BCUT2D eigenvalue weighted by molar-refractivity contribution is 6.00. The Morgan fingerprint density at radius 2 is 1.94 bits per heavy atom. The number of aromatic nitrogens is 2. The van der Waals surface area contributed by atoms with Crippen LogP contribution in [0.5, 0.6) is 5.75 Å². The SMILES string of the molecule is COc1ccc(N2CC(C(=O)NCCNc3cc(N4CCOCC4)nc(C)n3)CC2=O)cc1. The number of anilines is 3. The Morgan fingerprint density at radius 3 is 2.67 bits per heavy atom. The first-order valence-corrected chi connectivity index (χ1v) is 11.2. The van der Waals surface area contributed by atoms with Crippen molar-refractivity contribution in [3.05, 3.63) is 36.2 Å². The van der Waals surface area contributed by atoms with E-state index in [4.69, 9.17) is 9.47 Å². The van der Waals surface area contributed by atoms with E-state index in [0.29, 0.717) is 38.7 Å². The van der Waals surface area contributed by atoms with Gasteiger partial charge in [0.25, 0.3) is 0 Å². The molecule has 2 aromatic rings. The molecular weight excluding hydrogens is 424 g/mol. The Labute approximate surface area is 193 Å². The highest BCUT2D eigenvalue weighted by atomic mass is 16.5. The van der Waals surface area contributed by atoms with Gasteiger partial charge < -0.3 is 29.9 Å². The van der Waals surface area contributed by atoms with Crippen LogP contribution in [-0.4, -0.2) is 74.8 Å². The number of ether oxygens (including phenoxy) is 2. The molecule has 2 aliphatic rings. The van der Waals surface area contributed by atoms with Crippen molar-refractivity contribution in [1.82, 2.24) is 15.3 Å². The van der Waals surface area contributed by atoms with Crippen LogP contribution in [-0.2, 0) is 14.3 Å². The maximum absolute atomic E-state index is 12.6. The first kappa shape index (κ1) is 22.8. The summed E-state index contributed by atoms with van der Waals surface area (Å²) in [6.45, 7) is 6.19. The van der Waals surface area contributed by atoms with Gasteiger partial charge in [0, 0.05) is 50.9 Å². The van der Waals surface area contributed by atoms with E-state index in [1.165, 1.54) is 0 Å². The van der Waals surface area contributed by atoms with E-state index < -0.39 is 0 Å². The standard InChI is InChI=1S/C23H30N6O4/c1-16-26-20(14-21(27-16)28-9-11-33-12-10-28)24-7-8-25-23(31)17-13-22(30)29(15-17)18-3-5-19(32-2)6-4-18/h3-6,14,17H,7-13,15H2,1-2H3,(H,25,31)(H,24,26,27). The van der Waals surface area contributed by atoms with Gasteiger partial charge in [-0.05, 0) is 31.2 Å². The molecule has 0 radical (unpaired) electrons. The molecule has 0 aliphatic carbocycles. The van der Waals surface area contributed by atoms with Crippen molar-refractivity contribution in [2.24, 2.45) is 5.92 Å². The van der Waals surface area contributed by atoms with Crippen molar-refractivity contribution in [2.45, 2.75) is 13.3 Å². The van der Waals surface area contributed by atoms with Gasteiger partial charge in [0.15, 0.2) is 0 Å². The van der Waals surface area contributed by atoms with Crippen LogP contribution in [0.4, 0.5) is 17.3 Å². The molecule has 10 heteroatoms. The molecule has 2 saturated heterocycles. The highest BCUT2D eigenvalue weighted by Gasteiger charge is 2.34. The molecule has 3 heterocycles. The second kappa shape index (κ2) is 10.5. The first-order chi connectivity index (χ1) is 16.0. The summed E-state index contributed by atoms with van der Waals surface area (Å²) >= 11 is 0. The van der Waals surface area contributed by atoms with Crippen LogP contribution >= 0.6 is 0 Å². The molecule has 33 heavy (non-hydrogen) atoms. The molecule has 2 fully saturated rings. The molecule has 176 valence electrons. The van der Waals surface area contributed by atoms with Crippen molar-refractivity contribution < 1.29 is 19.1 Å². The van der Waals surface area contributed by atoms with Gasteiger partial charge in [-0.25, -0.2) is 9.97 Å². The average Bonchev–Trinajstić information content (AvgIpc) is 3.23. The van der Waals surface area contributed by atoms with Crippen LogP contribution in [0.3, 0.4) is 0 Å². The summed E-state index contributed by atoms with van der Waals surface area (Å²) in [6, 6.07) is 9.19. The number of methoxy groups -OCH3 is 1. The lowest BCUT2D eigenvalue weighted by atomic mass is 10.1. The number of hydrogen-bond acceptors (Lipinski definition) is 8. The molecular formula is C23H30N6O4. The predicted octanol–water partition coefficient (Wildman–Crippen LogP) is 1.21. The van der Waals surface area contributed by atoms with Crippen molar-refractivity contribution in [3.63, 3.8) is 0 Å². The normalized spacial score (nSPS) is 18.4. The number of amides is 2. The van der Waals surface area contributed by atoms with Crippen LogP contribution in [0, 0.1) is 12.8 Å². The second-order valence-electron chi connectivity index (χ2n) is 8.08. The second-order valence-corrected chi connectivity index (χ2v) is 8.08. The monoisotopic (exact) mass is 454 g/mol. The first-order valence-electron chi connectivity index (χ1n) is 11.2. The van der Waals surface area contributed by atoms with Gasteiger partial charge in [-0.15, -0.1) is 0 Å². The number of nitrogens with one attached hydrogen (secondary N) is 2. The van der Waals surface area contributed by atoms with E-state index >= 15 is 0 Å². The Bertz CT molecular complexity index is 977. The Hall–Kier alpha value is -3.40. The molecule has 2 amide bonds. The third-order valence-electron chi connectivity index (χ3n) is 5.77. The van der Waals surface area contributed by atoms with Crippen molar-refractivity contribution in [2.75, 3.05) is 68.2 Å². The van der Waals surface area contributed by atoms with Crippen LogP contribution in [0.2, 0.25) is 0 Å². The van der Waals surface area contributed by atoms with Crippen molar-refractivity contribution in [1.29, 1.82) is 0 Å². The van der Waals surface area contributed by atoms with E-state index in [1.807, 2.05) is 25.1 Å². The molecule has 2 aliphatic heterocycles. The number of hydrogen-bond donors (Lipinski definition) is 2. The van der Waals surface area contributed by atoms with Gasteiger partial charge in [-0.2, -0.15) is 0 Å². The molecule has 2 N–H and O–H groups in total. The minimum Gasteiger partial charge on any atom is -0.497 e. The van der Waals surface area contributed by atoms with Gasteiger partial charge >= 0.3 is 0 Å². The number of morpholine rings is 1. The van der Waals surface area contributed by atoms with Gasteiger partial charge in [-0.1, -0.05) is 0 Å². The minimum atomic E-state index is -0.367. The zero-order valence-corrected chi connectivity index (χ0v) is 19.0. The Kier molecular flexibility index (Phi) is 7.23. The molecule has 1 atom stereocenters. The van der Waals surface area contributed by atoms with Crippen LogP contribution in [0.25, 0.3) is 0 Å². The maximum Gasteiger partial charge on any atom is 0.227 e. The summed E-state index contributed by atoms with van der Waals surface area (Å²) in [5, 5.41) is 6.18. The Balaban J connectivity index is 1.25. The summed E-state index contributed by atoms with van der Waals surface area (Å²) in [6.07, 6.45) is 0.208. The topological polar surface area (TPSA) is 109 Å². The Morgan fingerprint density at radius 1 is 1.18 bits per heavy atom. The number of rotatable bonds is 8. The highest BCUT2D eigenvalue weighted by Crippen LogP contribution is 2.27. The van der Waals surface area contributed by atoms with Crippen LogP contribution in [0.1, 0.15) is 12.2 Å². The molecule has 4 rings (SSSR count). The van der Waals surface area contributed by atoms with Crippen LogP contribution in [0.15, 0.2) is 30.3 Å². The summed E-state index contributed by atoms with van der Waals surface area (Å²) in [5.41, 5.74) is 0.771. The molecule has 0 spiro atoms. The largest absolute Gasteiger partial charge is 0.497 e. The number of carbonyl (C=O) groups excluding carboxylic acids is 2. The summed E-state index contributed by atoms with van der Waals surface area (Å²) in [5.74, 6) is 2.48. The van der Waals surface area contributed by atoms with E-state index in [0.717, 1.165) is 36.2 Å². The van der Waals surface area contributed by atoms with Gasteiger partial charge in [0.1, 0.15) is 23.2 Å². The fraction of sp³-hybridized carbons (Fsp3) is 0.478. The number of benzene rings is 1. The summed E-state index contributed by atoms with van der Waals surface area (Å²) in [7, 11) is 1.60. The molecule has 0 bridgehead atoms.